The van der Waals surface area contributed by atoms with Gasteiger partial charge in [-0.3, -0.25) is 0 Å². The summed E-state index contributed by atoms with van der Waals surface area (Å²) in [5.41, 5.74) is 6.34. The van der Waals surface area contributed by atoms with Crippen molar-refractivity contribution in [2.75, 3.05) is 37.3 Å². The number of nitrogens with two attached hydrogens (primary N) is 1. The van der Waals surface area contributed by atoms with E-state index in [1.807, 2.05) is 4.90 Å². The standard InChI is InChI=1S/C12H16FN3O2S2/c1-20(17,18)16-6-4-15(5-7-16)9-2-3-10(12(14)19)11(13)8-9/h2-3,8H,4-7H2,1H3,(H2,14,19). The number of benzene rings is 1. The number of thiocarbonyl (C=S) groups is 1. The molecular weight excluding hydrogens is 301 g/mol. The number of rotatable bonds is 3. The fourth-order valence-corrected chi connectivity index (χ4v) is 3.17. The second kappa shape index (κ2) is 5.63. The van der Waals surface area contributed by atoms with E-state index in [1.165, 1.54) is 16.6 Å². The van der Waals surface area contributed by atoms with Gasteiger partial charge in [0.1, 0.15) is 10.8 Å². The third kappa shape index (κ3) is 3.25. The number of nitrogens with zero attached hydrogens (tertiary/aromatic N) is 2. The second-order valence-electron chi connectivity index (χ2n) is 4.68. The predicted octanol–water partition coefficient (Wildman–Crippen LogP) is 0.541. The van der Waals surface area contributed by atoms with E-state index in [2.05, 4.69) is 0 Å². The van der Waals surface area contributed by atoms with Crippen molar-refractivity contribution in [1.82, 2.24) is 4.31 Å². The SMILES string of the molecule is CS(=O)(=O)N1CCN(c2ccc(C(N)=S)c(F)c2)CC1. The van der Waals surface area contributed by atoms with Crippen LogP contribution in [-0.4, -0.2) is 50.1 Å². The minimum Gasteiger partial charge on any atom is -0.389 e. The van der Waals surface area contributed by atoms with Crippen LogP contribution in [0.5, 0.6) is 0 Å². The van der Waals surface area contributed by atoms with Crippen molar-refractivity contribution >= 4 is 32.9 Å². The van der Waals surface area contributed by atoms with Crippen LogP contribution in [0, 0.1) is 5.82 Å². The molecular formula is C12H16FN3O2S2. The lowest BCUT2D eigenvalue weighted by Gasteiger charge is -2.34. The summed E-state index contributed by atoms with van der Waals surface area (Å²) in [6.45, 7) is 1.85. The maximum absolute atomic E-state index is 13.8. The Morgan fingerprint density at radius 1 is 1.30 bits per heavy atom. The molecule has 1 aliphatic heterocycles. The molecule has 1 aromatic carbocycles. The molecule has 1 aliphatic rings. The van der Waals surface area contributed by atoms with E-state index in [9.17, 15) is 12.8 Å². The van der Waals surface area contributed by atoms with Crippen molar-refractivity contribution in [1.29, 1.82) is 0 Å². The first kappa shape index (κ1) is 15.1. The van der Waals surface area contributed by atoms with Crippen LogP contribution in [0.4, 0.5) is 10.1 Å². The molecule has 20 heavy (non-hydrogen) atoms. The molecule has 2 N–H and O–H groups in total. The third-order valence-corrected chi connectivity index (χ3v) is 4.81. The number of hydrogen-bond donors (Lipinski definition) is 1. The number of sulfonamides is 1. The summed E-state index contributed by atoms with van der Waals surface area (Å²) in [4.78, 5) is 1.96. The molecule has 5 nitrogen and oxygen atoms in total. The monoisotopic (exact) mass is 317 g/mol. The van der Waals surface area contributed by atoms with Crippen molar-refractivity contribution in [2.45, 2.75) is 0 Å². The first-order valence-electron chi connectivity index (χ1n) is 6.08. The molecule has 2 rings (SSSR count). The fourth-order valence-electron chi connectivity index (χ4n) is 2.18. The zero-order valence-corrected chi connectivity index (χ0v) is 12.7. The molecule has 0 amide bonds. The van der Waals surface area contributed by atoms with Crippen molar-refractivity contribution < 1.29 is 12.8 Å². The van der Waals surface area contributed by atoms with Crippen LogP contribution in [-0.2, 0) is 10.0 Å². The Hall–Kier alpha value is -1.25. The van der Waals surface area contributed by atoms with Crippen molar-refractivity contribution in [3.63, 3.8) is 0 Å². The molecule has 110 valence electrons. The highest BCUT2D eigenvalue weighted by molar-refractivity contribution is 7.88. The highest BCUT2D eigenvalue weighted by Gasteiger charge is 2.23. The van der Waals surface area contributed by atoms with Gasteiger partial charge in [0, 0.05) is 37.4 Å². The van der Waals surface area contributed by atoms with Crippen molar-refractivity contribution in [2.24, 2.45) is 5.73 Å². The van der Waals surface area contributed by atoms with E-state index in [4.69, 9.17) is 18.0 Å². The molecule has 0 radical (unpaired) electrons. The van der Waals surface area contributed by atoms with Crippen LogP contribution in [0.2, 0.25) is 0 Å². The summed E-state index contributed by atoms with van der Waals surface area (Å²) in [5, 5.41) is 0. The summed E-state index contributed by atoms with van der Waals surface area (Å²) in [5.74, 6) is -0.458. The molecule has 0 atom stereocenters. The molecule has 0 spiro atoms. The van der Waals surface area contributed by atoms with Crippen LogP contribution in [0.3, 0.4) is 0 Å². The van der Waals surface area contributed by atoms with Gasteiger partial charge in [-0.25, -0.2) is 12.8 Å². The first-order chi connectivity index (χ1) is 9.29. The minimum absolute atomic E-state index is 0.0240. The van der Waals surface area contributed by atoms with E-state index < -0.39 is 15.8 Å². The summed E-state index contributed by atoms with van der Waals surface area (Å²) in [6, 6.07) is 4.67. The number of piperazine rings is 1. The Kier molecular flexibility index (Phi) is 4.26. The summed E-state index contributed by atoms with van der Waals surface area (Å²) >= 11 is 4.76. The van der Waals surface area contributed by atoms with Crippen LogP contribution in [0.1, 0.15) is 5.56 Å². The van der Waals surface area contributed by atoms with Gasteiger partial charge in [0.2, 0.25) is 10.0 Å². The van der Waals surface area contributed by atoms with Crippen LogP contribution in [0.15, 0.2) is 18.2 Å². The number of hydrogen-bond acceptors (Lipinski definition) is 4. The third-order valence-electron chi connectivity index (χ3n) is 3.29. The van der Waals surface area contributed by atoms with Gasteiger partial charge in [0.05, 0.1) is 6.26 Å². The second-order valence-corrected chi connectivity index (χ2v) is 7.10. The molecule has 1 heterocycles. The molecule has 1 fully saturated rings. The Morgan fingerprint density at radius 2 is 1.90 bits per heavy atom. The molecule has 1 saturated heterocycles. The molecule has 0 aromatic heterocycles. The largest absolute Gasteiger partial charge is 0.389 e. The van der Waals surface area contributed by atoms with Crippen molar-refractivity contribution in [3.8, 4) is 0 Å². The first-order valence-corrected chi connectivity index (χ1v) is 8.34. The number of halogens is 1. The van der Waals surface area contributed by atoms with Gasteiger partial charge in [-0.05, 0) is 18.2 Å². The molecule has 8 heteroatoms. The molecule has 0 unspecified atom stereocenters. The zero-order valence-electron chi connectivity index (χ0n) is 11.0. The average Bonchev–Trinajstić information content (AvgIpc) is 2.37. The van der Waals surface area contributed by atoms with E-state index >= 15 is 0 Å². The quantitative estimate of drug-likeness (QED) is 0.824. The van der Waals surface area contributed by atoms with Gasteiger partial charge in [-0.15, -0.1) is 0 Å². The topological polar surface area (TPSA) is 66.6 Å². The Labute approximate surface area is 123 Å². The molecule has 0 saturated carbocycles. The van der Waals surface area contributed by atoms with Gasteiger partial charge in [0.15, 0.2) is 0 Å². The molecule has 0 aliphatic carbocycles. The van der Waals surface area contributed by atoms with Gasteiger partial charge in [-0.2, -0.15) is 4.31 Å². The van der Waals surface area contributed by atoms with E-state index in [0.717, 1.165) is 0 Å². The van der Waals surface area contributed by atoms with E-state index in [0.29, 0.717) is 31.9 Å². The average molecular weight is 317 g/mol. The Bertz CT molecular complexity index is 626. The van der Waals surface area contributed by atoms with Gasteiger partial charge >= 0.3 is 0 Å². The van der Waals surface area contributed by atoms with E-state index in [-0.39, 0.29) is 10.6 Å². The zero-order chi connectivity index (χ0) is 14.9. The Balaban J connectivity index is 2.11. The van der Waals surface area contributed by atoms with Crippen LogP contribution < -0.4 is 10.6 Å². The maximum Gasteiger partial charge on any atom is 0.211 e. The molecule has 1 aromatic rings. The van der Waals surface area contributed by atoms with Gasteiger partial charge < -0.3 is 10.6 Å². The minimum atomic E-state index is -3.16. The fraction of sp³-hybridized carbons (Fsp3) is 0.417. The van der Waals surface area contributed by atoms with Crippen molar-refractivity contribution in [3.05, 3.63) is 29.6 Å². The van der Waals surface area contributed by atoms with Crippen LogP contribution in [0.25, 0.3) is 0 Å². The smallest absolute Gasteiger partial charge is 0.211 e. The van der Waals surface area contributed by atoms with Gasteiger partial charge in [0.25, 0.3) is 0 Å². The highest BCUT2D eigenvalue weighted by Crippen LogP contribution is 2.20. The summed E-state index contributed by atoms with van der Waals surface area (Å²) < 4.78 is 38.1. The van der Waals surface area contributed by atoms with E-state index in [1.54, 1.807) is 12.1 Å². The lowest BCUT2D eigenvalue weighted by molar-refractivity contribution is 0.388. The summed E-state index contributed by atoms with van der Waals surface area (Å²) in [7, 11) is -3.16. The van der Waals surface area contributed by atoms with Gasteiger partial charge in [-0.1, -0.05) is 12.2 Å². The molecule has 0 bridgehead atoms. The maximum atomic E-state index is 13.8. The lowest BCUT2D eigenvalue weighted by Crippen LogP contribution is -2.48. The predicted molar refractivity (Wildman–Crippen MR) is 80.9 cm³/mol. The summed E-state index contributed by atoms with van der Waals surface area (Å²) in [6.07, 6.45) is 1.19. The normalized spacial score (nSPS) is 17.2. The lowest BCUT2D eigenvalue weighted by atomic mass is 10.1. The number of anilines is 1. The Morgan fingerprint density at radius 3 is 2.35 bits per heavy atom. The highest BCUT2D eigenvalue weighted by atomic mass is 32.2. The van der Waals surface area contributed by atoms with Crippen LogP contribution >= 0.6 is 12.2 Å².